The van der Waals surface area contributed by atoms with Gasteiger partial charge in [-0.05, 0) is 65.9 Å². The molecule has 1 saturated carbocycles. The quantitative estimate of drug-likeness (QED) is 0.458. The van der Waals surface area contributed by atoms with Crippen LogP contribution in [0, 0.1) is 0 Å². The number of rotatable bonds is 7. The maximum atomic E-state index is 12.5. The fourth-order valence-corrected chi connectivity index (χ4v) is 5.61. The Morgan fingerprint density at radius 1 is 1.21 bits per heavy atom. The van der Waals surface area contributed by atoms with E-state index in [0.29, 0.717) is 31.6 Å². The molecule has 3 aromatic heterocycles. The third-order valence-electron chi connectivity index (χ3n) is 7.55. The molecule has 2 N–H and O–H groups in total. The molecule has 5 rings (SSSR count). The van der Waals surface area contributed by atoms with Gasteiger partial charge >= 0.3 is 6.09 Å². The Morgan fingerprint density at radius 3 is 2.69 bits per heavy atom. The van der Waals surface area contributed by atoms with Gasteiger partial charge in [-0.25, -0.2) is 14.3 Å². The van der Waals surface area contributed by atoms with E-state index in [9.17, 15) is 9.90 Å². The number of carbonyl (C=O) groups is 1. The number of aromatic nitrogens is 5. The highest BCUT2D eigenvalue weighted by atomic mass is 16.6. The molecule has 1 saturated heterocycles. The van der Waals surface area contributed by atoms with Crippen LogP contribution in [0.2, 0.25) is 0 Å². The summed E-state index contributed by atoms with van der Waals surface area (Å²) in [6.07, 6.45) is 9.55. The molecule has 4 heterocycles. The van der Waals surface area contributed by atoms with Crippen LogP contribution in [0.25, 0.3) is 16.6 Å². The van der Waals surface area contributed by atoms with Crippen molar-refractivity contribution in [1.82, 2.24) is 29.3 Å². The average molecular weight is 540 g/mol. The highest BCUT2D eigenvalue weighted by molar-refractivity contribution is 5.81. The molecule has 0 radical (unpaired) electrons. The Kier molecular flexibility index (Phi) is 7.82. The van der Waals surface area contributed by atoms with Gasteiger partial charge in [0.15, 0.2) is 0 Å². The second-order valence-corrected chi connectivity index (χ2v) is 11.9. The third kappa shape index (κ3) is 6.19. The molecule has 2 aliphatic rings. The number of likely N-dealkylation sites (tertiary alicyclic amines) is 1. The van der Waals surface area contributed by atoms with E-state index >= 15 is 0 Å². The van der Waals surface area contributed by atoms with E-state index in [1.807, 2.05) is 49.3 Å². The molecule has 0 spiro atoms. The van der Waals surface area contributed by atoms with E-state index in [2.05, 4.69) is 27.7 Å². The number of carbonyl (C=O) groups excluding carboxylic acids is 1. The van der Waals surface area contributed by atoms with Gasteiger partial charge in [0.2, 0.25) is 5.95 Å². The first-order chi connectivity index (χ1) is 18.6. The predicted molar refractivity (Wildman–Crippen MR) is 148 cm³/mol. The van der Waals surface area contributed by atoms with Crippen molar-refractivity contribution in [3.8, 4) is 11.1 Å². The summed E-state index contributed by atoms with van der Waals surface area (Å²) in [7, 11) is 1.68. The number of hydrogen-bond acceptors (Lipinski definition) is 8. The highest BCUT2D eigenvalue weighted by Crippen LogP contribution is 2.38. The van der Waals surface area contributed by atoms with Gasteiger partial charge in [-0.1, -0.05) is 0 Å². The number of methoxy groups -OCH3 is 1. The van der Waals surface area contributed by atoms with Gasteiger partial charge in [-0.2, -0.15) is 5.10 Å². The standard InChI is InChI=1S/C28H41N7O4/c1-18(17-38-5)31-26-29-14-25-23(12-24(35(25)32-26)19-6-8-22(36)9-7-19)20-13-30-34(15-20)21-10-11-33(16-21)27(37)39-28(2,3)4/h12-15,18-19,21-22,36H,6-11,16-17H2,1-5H3,(H,31,32)/t18-,19-,21-,22-/m0/s1. The first-order valence-corrected chi connectivity index (χ1v) is 14.0. The van der Waals surface area contributed by atoms with Gasteiger partial charge in [0.25, 0.3) is 0 Å². The second-order valence-electron chi connectivity index (χ2n) is 11.9. The van der Waals surface area contributed by atoms with Gasteiger partial charge < -0.3 is 24.8 Å². The van der Waals surface area contributed by atoms with Crippen LogP contribution in [0.1, 0.15) is 77.5 Å². The minimum absolute atomic E-state index is 0.0700. The molecule has 39 heavy (non-hydrogen) atoms. The van der Waals surface area contributed by atoms with Crippen LogP contribution in [0.4, 0.5) is 10.7 Å². The lowest BCUT2D eigenvalue weighted by Crippen LogP contribution is -2.35. The molecule has 11 heteroatoms. The molecule has 2 atom stereocenters. The van der Waals surface area contributed by atoms with E-state index in [4.69, 9.17) is 14.6 Å². The van der Waals surface area contributed by atoms with Gasteiger partial charge in [0.05, 0.1) is 36.7 Å². The van der Waals surface area contributed by atoms with Crippen molar-refractivity contribution in [2.24, 2.45) is 0 Å². The summed E-state index contributed by atoms with van der Waals surface area (Å²) in [5, 5.41) is 23.0. The number of nitrogens with zero attached hydrogens (tertiary/aromatic N) is 6. The number of aliphatic hydroxyl groups is 1. The Balaban J connectivity index is 1.41. The summed E-state index contributed by atoms with van der Waals surface area (Å²) < 4.78 is 14.8. The molecule has 0 bridgehead atoms. The van der Waals surface area contributed by atoms with Gasteiger partial charge in [0, 0.05) is 55.2 Å². The Morgan fingerprint density at radius 2 is 1.97 bits per heavy atom. The number of nitrogens with one attached hydrogen (secondary N) is 1. The smallest absolute Gasteiger partial charge is 0.410 e. The van der Waals surface area contributed by atoms with Gasteiger partial charge in [-0.3, -0.25) is 4.68 Å². The van der Waals surface area contributed by atoms with Crippen molar-refractivity contribution >= 4 is 17.6 Å². The third-order valence-corrected chi connectivity index (χ3v) is 7.55. The second kappa shape index (κ2) is 11.1. The van der Waals surface area contributed by atoms with E-state index in [0.717, 1.165) is 54.4 Å². The summed E-state index contributed by atoms with van der Waals surface area (Å²) in [6.45, 7) is 9.44. The highest BCUT2D eigenvalue weighted by Gasteiger charge is 2.32. The molecule has 2 fully saturated rings. The molecule has 0 aromatic carbocycles. The Hall–Kier alpha value is -3.18. The van der Waals surface area contributed by atoms with Crippen molar-refractivity contribution in [2.45, 2.75) is 89.5 Å². The molecule has 1 aliphatic carbocycles. The maximum absolute atomic E-state index is 12.5. The van der Waals surface area contributed by atoms with E-state index in [1.165, 1.54) is 0 Å². The van der Waals surface area contributed by atoms with E-state index in [-0.39, 0.29) is 24.3 Å². The zero-order chi connectivity index (χ0) is 27.7. The van der Waals surface area contributed by atoms with Crippen LogP contribution >= 0.6 is 0 Å². The van der Waals surface area contributed by atoms with Crippen molar-refractivity contribution < 1.29 is 19.4 Å². The molecular formula is C28H41N7O4. The monoisotopic (exact) mass is 539 g/mol. The zero-order valence-electron chi connectivity index (χ0n) is 23.6. The van der Waals surface area contributed by atoms with E-state index < -0.39 is 5.60 Å². The van der Waals surface area contributed by atoms with Crippen LogP contribution in [0.5, 0.6) is 0 Å². The lowest BCUT2D eigenvalue weighted by Gasteiger charge is -2.25. The number of hydrogen-bond donors (Lipinski definition) is 2. The topological polar surface area (TPSA) is 119 Å². The molecule has 212 valence electrons. The lowest BCUT2D eigenvalue weighted by molar-refractivity contribution is 0.0288. The summed E-state index contributed by atoms with van der Waals surface area (Å²) in [5.74, 6) is 0.858. The number of anilines is 1. The fourth-order valence-electron chi connectivity index (χ4n) is 5.61. The molecule has 11 nitrogen and oxygen atoms in total. The van der Waals surface area contributed by atoms with Crippen LogP contribution in [-0.2, 0) is 9.47 Å². The number of ether oxygens (including phenoxy) is 2. The van der Waals surface area contributed by atoms with Crippen LogP contribution in [-0.4, -0.2) is 85.0 Å². The largest absolute Gasteiger partial charge is 0.444 e. The van der Waals surface area contributed by atoms with Crippen molar-refractivity contribution in [3.05, 3.63) is 30.4 Å². The summed E-state index contributed by atoms with van der Waals surface area (Å²) in [4.78, 5) is 18.9. The number of amides is 1. The molecular weight excluding hydrogens is 498 g/mol. The van der Waals surface area contributed by atoms with Crippen molar-refractivity contribution in [2.75, 3.05) is 32.1 Å². The van der Waals surface area contributed by atoms with E-state index in [1.54, 1.807) is 12.0 Å². The molecule has 1 aliphatic heterocycles. The predicted octanol–water partition coefficient (Wildman–Crippen LogP) is 4.24. The first-order valence-electron chi connectivity index (χ1n) is 14.0. The molecule has 3 aromatic rings. The Bertz CT molecular complexity index is 1290. The number of aliphatic hydroxyl groups excluding tert-OH is 1. The summed E-state index contributed by atoms with van der Waals surface area (Å²) >= 11 is 0. The van der Waals surface area contributed by atoms with Gasteiger partial charge in [-0.15, -0.1) is 5.10 Å². The minimum Gasteiger partial charge on any atom is -0.444 e. The molecule has 0 unspecified atom stereocenters. The van der Waals surface area contributed by atoms with Crippen molar-refractivity contribution in [1.29, 1.82) is 0 Å². The zero-order valence-corrected chi connectivity index (χ0v) is 23.6. The number of fused-ring (bicyclic) bond motifs is 1. The van der Waals surface area contributed by atoms with Crippen LogP contribution < -0.4 is 5.32 Å². The summed E-state index contributed by atoms with van der Waals surface area (Å²) in [5.41, 5.74) is 3.55. The average Bonchev–Trinajstić information content (AvgIpc) is 3.62. The van der Waals surface area contributed by atoms with Crippen LogP contribution in [0.3, 0.4) is 0 Å². The first kappa shape index (κ1) is 27.4. The Labute approximate surface area is 229 Å². The SMILES string of the molecule is COC[C@H](C)Nc1ncc2c(-c3cnn([C@H]4CCN(C(=O)OC(C)(C)C)C4)c3)cc([C@H]3CC[C@H](O)CC3)n2n1. The maximum Gasteiger partial charge on any atom is 0.410 e. The van der Waals surface area contributed by atoms with Crippen molar-refractivity contribution in [3.63, 3.8) is 0 Å². The van der Waals surface area contributed by atoms with Gasteiger partial charge in [0.1, 0.15) is 5.60 Å². The molecule has 1 amide bonds. The fraction of sp³-hybridized carbons (Fsp3) is 0.643. The minimum atomic E-state index is -0.516. The lowest BCUT2D eigenvalue weighted by atomic mass is 9.85. The summed E-state index contributed by atoms with van der Waals surface area (Å²) in [6, 6.07) is 2.37. The normalized spacial score (nSPS) is 22.8. The van der Waals surface area contributed by atoms with Crippen LogP contribution in [0.15, 0.2) is 24.7 Å².